The van der Waals surface area contributed by atoms with E-state index in [1.807, 2.05) is 24.3 Å². The van der Waals surface area contributed by atoms with Gasteiger partial charge in [0.05, 0.1) is 12.4 Å². The maximum absolute atomic E-state index is 12.3. The number of nitrogens with one attached hydrogen (secondary N) is 2. The summed E-state index contributed by atoms with van der Waals surface area (Å²) in [6.45, 7) is 2.67. The molecule has 7 heteroatoms. The molecule has 2 aromatic carbocycles. The first-order chi connectivity index (χ1) is 12.5. The highest BCUT2D eigenvalue weighted by Crippen LogP contribution is 2.26. The zero-order valence-electron chi connectivity index (χ0n) is 14.6. The molecule has 1 aliphatic heterocycles. The maximum atomic E-state index is 12.3. The van der Waals surface area contributed by atoms with Crippen molar-refractivity contribution in [3.63, 3.8) is 0 Å². The molecule has 1 amide bonds. The molecule has 0 saturated carbocycles. The van der Waals surface area contributed by atoms with Gasteiger partial charge in [-0.15, -0.1) is 0 Å². The van der Waals surface area contributed by atoms with E-state index >= 15 is 0 Å². The first-order valence-corrected chi connectivity index (χ1v) is 10.2. The van der Waals surface area contributed by atoms with Gasteiger partial charge in [-0.3, -0.25) is 9.52 Å². The van der Waals surface area contributed by atoms with Crippen molar-refractivity contribution in [1.82, 2.24) is 5.32 Å². The molecular weight excluding hydrogens is 352 g/mol. The Bertz CT molecular complexity index is 879. The second-order valence-electron chi connectivity index (χ2n) is 6.28. The molecule has 2 aromatic rings. The summed E-state index contributed by atoms with van der Waals surface area (Å²) in [4.78, 5) is 12.3. The predicted molar refractivity (Wildman–Crippen MR) is 101 cm³/mol. The third kappa shape index (κ3) is 4.54. The minimum Gasteiger partial charge on any atom is -0.493 e. The summed E-state index contributed by atoms with van der Waals surface area (Å²) in [5, 5.41) is 2.92. The minimum absolute atomic E-state index is 0.00181. The van der Waals surface area contributed by atoms with Crippen LogP contribution < -0.4 is 14.8 Å². The molecule has 0 fully saturated rings. The van der Waals surface area contributed by atoms with E-state index in [2.05, 4.69) is 10.0 Å². The highest BCUT2D eigenvalue weighted by atomic mass is 32.2. The Hall–Kier alpha value is -2.54. The average Bonchev–Trinajstić information content (AvgIpc) is 2.66. The fourth-order valence-electron chi connectivity index (χ4n) is 2.80. The van der Waals surface area contributed by atoms with Crippen LogP contribution in [0.15, 0.2) is 48.5 Å². The molecule has 0 unspecified atom stereocenters. The van der Waals surface area contributed by atoms with Gasteiger partial charge in [0.1, 0.15) is 5.75 Å². The number of benzene rings is 2. The first-order valence-electron chi connectivity index (χ1n) is 8.56. The number of carbonyl (C=O) groups excluding carboxylic acids is 1. The van der Waals surface area contributed by atoms with Gasteiger partial charge >= 0.3 is 0 Å². The molecule has 2 N–H and O–H groups in total. The van der Waals surface area contributed by atoms with Gasteiger partial charge in [-0.25, -0.2) is 8.42 Å². The number of sulfonamides is 1. The Morgan fingerprint density at radius 3 is 2.62 bits per heavy atom. The number of carbonyl (C=O) groups is 1. The van der Waals surface area contributed by atoms with E-state index in [1.54, 1.807) is 31.2 Å². The second kappa shape index (κ2) is 7.78. The van der Waals surface area contributed by atoms with Gasteiger partial charge in [0, 0.05) is 23.7 Å². The van der Waals surface area contributed by atoms with Crippen molar-refractivity contribution in [3.05, 3.63) is 59.7 Å². The van der Waals surface area contributed by atoms with Crippen LogP contribution in [-0.2, 0) is 16.4 Å². The van der Waals surface area contributed by atoms with Crippen molar-refractivity contribution < 1.29 is 17.9 Å². The Morgan fingerprint density at radius 1 is 1.15 bits per heavy atom. The summed E-state index contributed by atoms with van der Waals surface area (Å²) < 4.78 is 31.3. The number of para-hydroxylation sites is 1. The Kier molecular flexibility index (Phi) is 5.46. The summed E-state index contributed by atoms with van der Waals surface area (Å²) in [6, 6.07) is 14.3. The van der Waals surface area contributed by atoms with E-state index < -0.39 is 10.0 Å². The quantitative estimate of drug-likeness (QED) is 0.813. The number of hydrogen-bond donors (Lipinski definition) is 2. The second-order valence-corrected chi connectivity index (χ2v) is 8.29. The molecule has 6 nitrogen and oxygen atoms in total. The molecule has 0 spiro atoms. The predicted octanol–water partition coefficient (Wildman–Crippen LogP) is 2.43. The highest BCUT2D eigenvalue weighted by Gasteiger charge is 2.20. The van der Waals surface area contributed by atoms with E-state index in [-0.39, 0.29) is 17.6 Å². The van der Waals surface area contributed by atoms with Crippen LogP contribution >= 0.6 is 0 Å². The normalized spacial score (nSPS) is 16.3. The molecular formula is C19H22N2O4S. The molecule has 1 heterocycles. The number of ether oxygens (including phenoxy) is 1. The summed E-state index contributed by atoms with van der Waals surface area (Å²) in [6.07, 6.45) is 0.869. The van der Waals surface area contributed by atoms with Crippen LogP contribution in [-0.4, -0.2) is 33.2 Å². The molecule has 1 atom stereocenters. The minimum atomic E-state index is -3.32. The van der Waals surface area contributed by atoms with Crippen LogP contribution in [0.2, 0.25) is 0 Å². The molecule has 0 aromatic heterocycles. The number of hydrogen-bond acceptors (Lipinski definition) is 4. The molecule has 0 aliphatic carbocycles. The monoisotopic (exact) mass is 374 g/mol. The molecule has 3 rings (SSSR count). The van der Waals surface area contributed by atoms with Crippen LogP contribution in [0.25, 0.3) is 0 Å². The van der Waals surface area contributed by atoms with Crippen molar-refractivity contribution in [2.24, 2.45) is 5.92 Å². The third-order valence-corrected chi connectivity index (χ3v) is 5.61. The van der Waals surface area contributed by atoms with Crippen molar-refractivity contribution in [2.75, 3.05) is 23.6 Å². The first kappa shape index (κ1) is 18.3. The van der Waals surface area contributed by atoms with E-state index in [0.29, 0.717) is 24.4 Å². The van der Waals surface area contributed by atoms with E-state index in [1.165, 1.54) is 0 Å². The Morgan fingerprint density at radius 2 is 1.88 bits per heavy atom. The van der Waals surface area contributed by atoms with Gasteiger partial charge in [0.15, 0.2) is 0 Å². The van der Waals surface area contributed by atoms with Gasteiger partial charge in [-0.05, 0) is 49.2 Å². The molecule has 138 valence electrons. The summed E-state index contributed by atoms with van der Waals surface area (Å²) in [7, 11) is -3.32. The standard InChI is InChI=1S/C19H22N2O4S/c1-2-26(23,24)21-17-9-7-15(8-10-17)19(22)20-12-14-11-16-5-3-4-6-18(16)25-13-14/h3-10,14,21H,2,11-13H2,1H3,(H,20,22)/t14-/m1/s1. The smallest absolute Gasteiger partial charge is 0.251 e. The van der Waals surface area contributed by atoms with Crippen molar-refractivity contribution in [3.8, 4) is 5.75 Å². The van der Waals surface area contributed by atoms with Crippen molar-refractivity contribution in [1.29, 1.82) is 0 Å². The average molecular weight is 374 g/mol. The number of anilines is 1. The van der Waals surface area contributed by atoms with Gasteiger partial charge in [-0.2, -0.15) is 0 Å². The lowest BCUT2D eigenvalue weighted by Crippen LogP contribution is -2.34. The molecule has 1 aliphatic rings. The molecule has 26 heavy (non-hydrogen) atoms. The lowest BCUT2D eigenvalue weighted by atomic mass is 9.96. The lowest BCUT2D eigenvalue weighted by molar-refractivity contribution is 0.0939. The Balaban J connectivity index is 1.54. The molecule has 0 radical (unpaired) electrons. The molecule has 0 saturated heterocycles. The van der Waals surface area contributed by atoms with Gasteiger partial charge < -0.3 is 10.1 Å². The van der Waals surface area contributed by atoms with E-state index in [9.17, 15) is 13.2 Å². The number of fused-ring (bicyclic) bond motifs is 1. The summed E-state index contributed by atoms with van der Waals surface area (Å²) >= 11 is 0. The largest absolute Gasteiger partial charge is 0.493 e. The van der Waals surface area contributed by atoms with E-state index in [0.717, 1.165) is 17.7 Å². The van der Waals surface area contributed by atoms with Gasteiger partial charge in [0.25, 0.3) is 5.91 Å². The highest BCUT2D eigenvalue weighted by molar-refractivity contribution is 7.92. The van der Waals surface area contributed by atoms with Crippen LogP contribution in [0.3, 0.4) is 0 Å². The SMILES string of the molecule is CCS(=O)(=O)Nc1ccc(C(=O)NC[C@@H]2COc3ccccc3C2)cc1. The third-order valence-electron chi connectivity index (χ3n) is 4.31. The Labute approximate surface area is 153 Å². The fraction of sp³-hybridized carbons (Fsp3) is 0.316. The van der Waals surface area contributed by atoms with Crippen molar-refractivity contribution in [2.45, 2.75) is 13.3 Å². The van der Waals surface area contributed by atoms with Gasteiger partial charge in [0.2, 0.25) is 10.0 Å². The van der Waals surface area contributed by atoms with Crippen LogP contribution in [0.4, 0.5) is 5.69 Å². The topological polar surface area (TPSA) is 84.5 Å². The van der Waals surface area contributed by atoms with Crippen molar-refractivity contribution >= 4 is 21.6 Å². The van der Waals surface area contributed by atoms with Crippen LogP contribution in [0.1, 0.15) is 22.8 Å². The van der Waals surface area contributed by atoms with E-state index in [4.69, 9.17) is 4.74 Å². The maximum Gasteiger partial charge on any atom is 0.251 e. The van der Waals surface area contributed by atoms with Gasteiger partial charge in [-0.1, -0.05) is 18.2 Å². The summed E-state index contributed by atoms with van der Waals surface area (Å²) in [5.41, 5.74) is 2.09. The fourth-order valence-corrected chi connectivity index (χ4v) is 3.44. The zero-order valence-corrected chi connectivity index (χ0v) is 15.4. The van der Waals surface area contributed by atoms with Crippen LogP contribution in [0.5, 0.6) is 5.75 Å². The van der Waals surface area contributed by atoms with Crippen LogP contribution in [0, 0.1) is 5.92 Å². The molecule has 0 bridgehead atoms. The zero-order chi connectivity index (χ0) is 18.6. The number of amides is 1. The summed E-state index contributed by atoms with van der Waals surface area (Å²) in [5.74, 6) is 0.959. The number of rotatable bonds is 6. The lowest BCUT2D eigenvalue weighted by Gasteiger charge is -2.25.